The van der Waals surface area contributed by atoms with Crippen molar-refractivity contribution in [2.75, 3.05) is 11.9 Å². The zero-order valence-corrected chi connectivity index (χ0v) is 16.7. The van der Waals surface area contributed by atoms with Crippen molar-refractivity contribution in [1.82, 2.24) is 15.2 Å². The first kappa shape index (κ1) is 18.6. The fraction of sp³-hybridized carbons (Fsp3) is 0.400. The Morgan fingerprint density at radius 1 is 1.25 bits per heavy atom. The van der Waals surface area contributed by atoms with Gasteiger partial charge in [0.15, 0.2) is 5.13 Å². The zero-order chi connectivity index (χ0) is 19.9. The van der Waals surface area contributed by atoms with Gasteiger partial charge in [0.1, 0.15) is 12.1 Å². The number of amides is 4. The van der Waals surface area contributed by atoms with Gasteiger partial charge in [0.2, 0.25) is 5.91 Å². The minimum atomic E-state index is -0.797. The van der Waals surface area contributed by atoms with Crippen LogP contribution in [0.15, 0.2) is 23.6 Å². The Balaban J connectivity index is 1.42. The molecule has 7 nitrogen and oxygen atoms in total. The number of nitrogens with one attached hydrogen (secondary N) is 2. The molecule has 4 rings (SSSR count). The second kappa shape index (κ2) is 7.01. The molecule has 2 heterocycles. The van der Waals surface area contributed by atoms with E-state index in [9.17, 15) is 14.4 Å². The lowest BCUT2D eigenvalue weighted by Gasteiger charge is -2.19. The number of hydrogen-bond acceptors (Lipinski definition) is 5. The van der Waals surface area contributed by atoms with E-state index in [0.29, 0.717) is 18.0 Å². The van der Waals surface area contributed by atoms with Gasteiger partial charge >= 0.3 is 6.03 Å². The number of hydrogen-bond donors (Lipinski definition) is 2. The van der Waals surface area contributed by atoms with E-state index in [1.165, 1.54) is 22.5 Å². The molecule has 1 aliphatic carbocycles. The van der Waals surface area contributed by atoms with Gasteiger partial charge in [0.25, 0.3) is 5.91 Å². The van der Waals surface area contributed by atoms with Crippen LogP contribution in [0, 0.1) is 13.8 Å². The van der Waals surface area contributed by atoms with E-state index in [-0.39, 0.29) is 12.5 Å². The van der Waals surface area contributed by atoms with Crippen molar-refractivity contribution < 1.29 is 14.4 Å². The van der Waals surface area contributed by atoms with Crippen molar-refractivity contribution in [2.45, 2.75) is 45.1 Å². The van der Waals surface area contributed by atoms with Crippen molar-refractivity contribution in [3.63, 3.8) is 0 Å². The number of thiazole rings is 1. The maximum Gasteiger partial charge on any atom is 0.325 e. The number of rotatable bonds is 4. The van der Waals surface area contributed by atoms with Crippen molar-refractivity contribution in [3.8, 4) is 11.3 Å². The first-order valence-electron chi connectivity index (χ1n) is 9.35. The van der Waals surface area contributed by atoms with Crippen LogP contribution in [0.2, 0.25) is 0 Å². The third-order valence-electron chi connectivity index (χ3n) is 5.56. The summed E-state index contributed by atoms with van der Waals surface area (Å²) < 4.78 is 0. The molecule has 2 fully saturated rings. The van der Waals surface area contributed by atoms with Crippen molar-refractivity contribution >= 4 is 34.3 Å². The number of benzene rings is 1. The van der Waals surface area contributed by atoms with Crippen molar-refractivity contribution in [1.29, 1.82) is 0 Å². The Labute approximate surface area is 167 Å². The van der Waals surface area contributed by atoms with Crippen LogP contribution in [0.25, 0.3) is 11.3 Å². The topological polar surface area (TPSA) is 91.4 Å². The van der Waals surface area contributed by atoms with E-state index >= 15 is 0 Å². The van der Waals surface area contributed by atoms with Crippen LogP contribution in [0.1, 0.15) is 36.8 Å². The van der Waals surface area contributed by atoms with Gasteiger partial charge in [-0.2, -0.15) is 0 Å². The number of aryl methyl sites for hydroxylation is 2. The maximum absolute atomic E-state index is 12.6. The first-order chi connectivity index (χ1) is 13.4. The van der Waals surface area contributed by atoms with Gasteiger partial charge in [-0.1, -0.05) is 25.0 Å². The summed E-state index contributed by atoms with van der Waals surface area (Å²) in [7, 11) is 0. The second-order valence-electron chi connectivity index (χ2n) is 7.50. The number of carbonyl (C=O) groups is 3. The van der Waals surface area contributed by atoms with Crippen LogP contribution in [0.3, 0.4) is 0 Å². The molecular weight excluding hydrogens is 376 g/mol. The molecule has 1 aliphatic heterocycles. The van der Waals surface area contributed by atoms with E-state index < -0.39 is 17.5 Å². The molecule has 146 valence electrons. The molecule has 1 spiro atoms. The SMILES string of the molecule is Cc1ccc(-c2csc(NC(=O)CN3C(=O)NC4(CCCC4)C3=O)n2)cc1C. The van der Waals surface area contributed by atoms with Crippen molar-refractivity contribution in [2.24, 2.45) is 0 Å². The molecule has 1 aromatic carbocycles. The number of nitrogens with zero attached hydrogens (tertiary/aromatic N) is 2. The molecule has 28 heavy (non-hydrogen) atoms. The highest BCUT2D eigenvalue weighted by molar-refractivity contribution is 7.14. The molecule has 4 amide bonds. The molecule has 2 aromatic rings. The summed E-state index contributed by atoms with van der Waals surface area (Å²) in [5, 5.41) is 7.80. The molecule has 0 atom stereocenters. The quantitative estimate of drug-likeness (QED) is 0.774. The Morgan fingerprint density at radius 3 is 2.71 bits per heavy atom. The molecule has 8 heteroatoms. The lowest BCUT2D eigenvalue weighted by Crippen LogP contribution is -2.44. The van der Waals surface area contributed by atoms with Gasteiger partial charge in [-0.25, -0.2) is 9.78 Å². The molecule has 0 bridgehead atoms. The summed E-state index contributed by atoms with van der Waals surface area (Å²) in [4.78, 5) is 42.7. The summed E-state index contributed by atoms with van der Waals surface area (Å²) in [6, 6.07) is 5.61. The number of imide groups is 1. The van der Waals surface area contributed by atoms with Gasteiger partial charge in [-0.15, -0.1) is 11.3 Å². The van der Waals surface area contributed by atoms with E-state index in [1.807, 2.05) is 24.4 Å². The molecular formula is C20H22N4O3S. The van der Waals surface area contributed by atoms with Crippen LogP contribution < -0.4 is 10.6 Å². The van der Waals surface area contributed by atoms with E-state index in [2.05, 4.69) is 28.6 Å². The lowest BCUT2D eigenvalue weighted by atomic mass is 9.98. The molecule has 2 N–H and O–H groups in total. The monoisotopic (exact) mass is 398 g/mol. The molecule has 1 saturated carbocycles. The van der Waals surface area contributed by atoms with Gasteiger partial charge in [0.05, 0.1) is 5.69 Å². The Bertz CT molecular complexity index is 962. The normalized spacial score (nSPS) is 18.0. The summed E-state index contributed by atoms with van der Waals surface area (Å²) in [6.07, 6.45) is 3.10. The molecule has 2 aliphatic rings. The number of anilines is 1. The predicted octanol–water partition coefficient (Wildman–Crippen LogP) is 3.23. The van der Waals surface area contributed by atoms with Crippen LogP contribution in [-0.4, -0.2) is 39.8 Å². The highest BCUT2D eigenvalue weighted by atomic mass is 32.1. The lowest BCUT2D eigenvalue weighted by molar-refractivity contribution is -0.133. The maximum atomic E-state index is 12.6. The van der Waals surface area contributed by atoms with Crippen LogP contribution in [0.4, 0.5) is 9.93 Å². The van der Waals surface area contributed by atoms with Gasteiger partial charge in [-0.05, 0) is 43.9 Å². The molecule has 1 saturated heterocycles. The van der Waals surface area contributed by atoms with Gasteiger partial charge in [-0.3, -0.25) is 14.5 Å². The fourth-order valence-electron chi connectivity index (χ4n) is 3.80. The number of aromatic nitrogens is 1. The summed E-state index contributed by atoms with van der Waals surface area (Å²) in [5.41, 5.74) is 3.35. The number of urea groups is 1. The first-order valence-corrected chi connectivity index (χ1v) is 10.2. The average Bonchev–Trinajstić information content (AvgIpc) is 3.36. The minimum Gasteiger partial charge on any atom is -0.323 e. The smallest absolute Gasteiger partial charge is 0.323 e. The fourth-order valence-corrected chi connectivity index (χ4v) is 4.54. The van der Waals surface area contributed by atoms with E-state index in [0.717, 1.165) is 29.0 Å². The van der Waals surface area contributed by atoms with Gasteiger partial charge in [0, 0.05) is 10.9 Å². The molecule has 1 aromatic heterocycles. The second-order valence-corrected chi connectivity index (χ2v) is 8.35. The van der Waals surface area contributed by atoms with Crippen LogP contribution >= 0.6 is 11.3 Å². The zero-order valence-electron chi connectivity index (χ0n) is 15.9. The van der Waals surface area contributed by atoms with Crippen LogP contribution in [0.5, 0.6) is 0 Å². The Kier molecular flexibility index (Phi) is 4.66. The molecule has 0 unspecified atom stereocenters. The Morgan fingerprint density at radius 2 is 2.00 bits per heavy atom. The predicted molar refractivity (Wildman–Crippen MR) is 107 cm³/mol. The third kappa shape index (κ3) is 3.28. The summed E-state index contributed by atoms with van der Waals surface area (Å²) in [6.45, 7) is 3.80. The minimum absolute atomic E-state index is 0.292. The number of carbonyl (C=O) groups excluding carboxylic acids is 3. The molecule has 0 radical (unpaired) electrons. The van der Waals surface area contributed by atoms with Gasteiger partial charge < -0.3 is 10.6 Å². The third-order valence-corrected chi connectivity index (χ3v) is 6.32. The summed E-state index contributed by atoms with van der Waals surface area (Å²) in [5.74, 6) is -0.723. The highest BCUT2D eigenvalue weighted by Gasteiger charge is 2.52. The van der Waals surface area contributed by atoms with E-state index in [4.69, 9.17) is 0 Å². The van der Waals surface area contributed by atoms with Crippen molar-refractivity contribution in [3.05, 3.63) is 34.7 Å². The van der Waals surface area contributed by atoms with E-state index in [1.54, 1.807) is 0 Å². The highest BCUT2D eigenvalue weighted by Crippen LogP contribution is 2.35. The summed E-state index contributed by atoms with van der Waals surface area (Å²) >= 11 is 1.31. The Hall–Kier alpha value is -2.74. The largest absolute Gasteiger partial charge is 0.325 e. The standard InChI is InChI=1S/C20H22N4O3S/c1-12-5-6-14(9-13(12)2)15-11-28-18(21-15)22-16(25)10-24-17(26)20(23-19(24)27)7-3-4-8-20/h5-6,9,11H,3-4,7-8,10H2,1-2H3,(H,23,27)(H,21,22,25). The van der Waals surface area contributed by atoms with Crippen LogP contribution in [-0.2, 0) is 9.59 Å². The average molecular weight is 398 g/mol.